The third kappa shape index (κ3) is 2.41. The van der Waals surface area contributed by atoms with Crippen molar-refractivity contribution >= 4 is 28.3 Å². The average Bonchev–Trinajstić information content (AvgIpc) is 2.39. The van der Waals surface area contributed by atoms with Crippen molar-refractivity contribution in [3.8, 4) is 0 Å². The molecule has 2 aromatic carbocycles. The summed E-state index contributed by atoms with van der Waals surface area (Å²) in [7, 11) is 0. The first-order valence-electron chi connectivity index (χ1n) is 5.87. The van der Waals surface area contributed by atoms with Gasteiger partial charge in [0, 0.05) is 10.6 Å². The summed E-state index contributed by atoms with van der Waals surface area (Å²) >= 11 is 1.45. The predicted molar refractivity (Wildman–Crippen MR) is 82.7 cm³/mol. The number of hydrogen-bond donors (Lipinski definition) is 0. The van der Waals surface area contributed by atoms with Gasteiger partial charge in [-0.2, -0.15) is 0 Å². The van der Waals surface area contributed by atoms with Crippen LogP contribution in [-0.2, 0) is 4.57 Å². The largest absolute Gasteiger partial charge is 0.302 e. The van der Waals surface area contributed by atoms with E-state index < -0.39 is 6.34 Å². The maximum atomic E-state index is 13.3. The Hall–Kier alpha value is -0.980. The van der Waals surface area contributed by atoms with Crippen LogP contribution in [0.1, 0.15) is 11.1 Å². The second-order valence-corrected chi connectivity index (χ2v) is 9.46. The summed E-state index contributed by atoms with van der Waals surface area (Å²) in [5, 5.41) is 1.89. The van der Waals surface area contributed by atoms with Gasteiger partial charge in [0.2, 0.25) is 0 Å². The van der Waals surface area contributed by atoms with E-state index in [0.717, 1.165) is 16.2 Å². The second kappa shape index (κ2) is 5.34. The van der Waals surface area contributed by atoms with Gasteiger partial charge in [0.15, 0.2) is 6.34 Å². The molecular weight excluding hydrogens is 259 g/mol. The minimum absolute atomic E-state index is 0.921. The first-order chi connectivity index (χ1) is 8.58. The highest BCUT2D eigenvalue weighted by Gasteiger charge is 2.27. The van der Waals surface area contributed by atoms with Gasteiger partial charge in [0.05, 0.1) is 0 Å². The van der Waals surface area contributed by atoms with Crippen LogP contribution >= 0.6 is 17.7 Å². The number of benzene rings is 2. The lowest BCUT2D eigenvalue weighted by Gasteiger charge is -2.19. The molecule has 18 heavy (non-hydrogen) atoms. The van der Waals surface area contributed by atoms with Crippen LogP contribution in [-0.4, -0.2) is 6.26 Å². The highest BCUT2D eigenvalue weighted by Crippen LogP contribution is 2.55. The summed E-state index contributed by atoms with van der Waals surface area (Å²) in [6.45, 7) is 4.09. The van der Waals surface area contributed by atoms with Crippen LogP contribution < -0.4 is 10.6 Å². The Balaban J connectivity index is 2.61. The summed E-state index contributed by atoms with van der Waals surface area (Å²) in [6, 6.07) is 15.9. The van der Waals surface area contributed by atoms with Crippen molar-refractivity contribution in [1.29, 1.82) is 0 Å². The zero-order valence-corrected chi connectivity index (χ0v) is 12.6. The SMILES string of the molecule is CS[P@](=O)(c1ccccc1)c1ccc(C)cc1C. The van der Waals surface area contributed by atoms with Crippen LogP contribution in [0.5, 0.6) is 0 Å². The number of hydrogen-bond acceptors (Lipinski definition) is 2. The van der Waals surface area contributed by atoms with E-state index in [4.69, 9.17) is 0 Å². The molecule has 0 fully saturated rings. The molecule has 0 heterocycles. The third-order valence-corrected chi connectivity index (χ3v) is 8.42. The quantitative estimate of drug-likeness (QED) is 0.791. The van der Waals surface area contributed by atoms with E-state index in [0.29, 0.717) is 0 Å². The van der Waals surface area contributed by atoms with Crippen LogP contribution in [0.3, 0.4) is 0 Å². The Morgan fingerprint density at radius 2 is 1.67 bits per heavy atom. The van der Waals surface area contributed by atoms with Crippen LogP contribution in [0, 0.1) is 13.8 Å². The van der Waals surface area contributed by atoms with E-state index in [1.807, 2.05) is 55.6 Å². The van der Waals surface area contributed by atoms with Gasteiger partial charge in [-0.25, -0.2) is 0 Å². The molecule has 0 aliphatic rings. The first-order valence-corrected chi connectivity index (χ1v) is 9.41. The van der Waals surface area contributed by atoms with Crippen molar-refractivity contribution in [2.24, 2.45) is 0 Å². The number of aryl methyl sites for hydroxylation is 2. The molecular formula is C15H17OPS. The van der Waals surface area contributed by atoms with E-state index in [2.05, 4.69) is 13.0 Å². The molecule has 3 heteroatoms. The summed E-state index contributed by atoms with van der Waals surface area (Å²) < 4.78 is 13.3. The normalized spacial score (nSPS) is 14.2. The molecule has 1 atom stereocenters. The molecule has 94 valence electrons. The molecule has 0 bridgehead atoms. The Morgan fingerprint density at radius 3 is 2.22 bits per heavy atom. The van der Waals surface area contributed by atoms with Crippen LogP contribution in [0.2, 0.25) is 0 Å². The zero-order valence-electron chi connectivity index (χ0n) is 10.9. The van der Waals surface area contributed by atoms with E-state index in [1.54, 1.807) is 0 Å². The Morgan fingerprint density at radius 1 is 1.00 bits per heavy atom. The maximum absolute atomic E-state index is 13.3. The van der Waals surface area contributed by atoms with Gasteiger partial charge in [0.25, 0.3) is 0 Å². The molecule has 0 unspecified atom stereocenters. The smallest absolute Gasteiger partial charge is 0.195 e. The second-order valence-electron chi connectivity index (χ2n) is 4.36. The van der Waals surface area contributed by atoms with Crippen LogP contribution in [0.4, 0.5) is 0 Å². The van der Waals surface area contributed by atoms with Gasteiger partial charge in [-0.05, 0) is 31.7 Å². The topological polar surface area (TPSA) is 17.1 Å². The lowest BCUT2D eigenvalue weighted by atomic mass is 10.2. The minimum Gasteiger partial charge on any atom is -0.302 e. The molecule has 0 radical (unpaired) electrons. The van der Waals surface area contributed by atoms with Crippen LogP contribution in [0.15, 0.2) is 48.5 Å². The minimum atomic E-state index is -2.55. The van der Waals surface area contributed by atoms with E-state index in [-0.39, 0.29) is 0 Å². The van der Waals surface area contributed by atoms with E-state index in [9.17, 15) is 4.57 Å². The molecule has 0 aliphatic carbocycles. The fourth-order valence-electron chi connectivity index (χ4n) is 2.10. The van der Waals surface area contributed by atoms with Crippen molar-refractivity contribution in [1.82, 2.24) is 0 Å². The van der Waals surface area contributed by atoms with Crippen molar-refractivity contribution in [2.75, 3.05) is 6.26 Å². The van der Waals surface area contributed by atoms with Gasteiger partial charge in [-0.3, -0.25) is 0 Å². The van der Waals surface area contributed by atoms with Crippen molar-refractivity contribution in [2.45, 2.75) is 13.8 Å². The summed E-state index contributed by atoms with van der Waals surface area (Å²) in [6.07, 6.45) is -0.622. The summed E-state index contributed by atoms with van der Waals surface area (Å²) in [4.78, 5) is 0. The van der Waals surface area contributed by atoms with E-state index >= 15 is 0 Å². The van der Waals surface area contributed by atoms with Gasteiger partial charge in [-0.15, -0.1) is 0 Å². The van der Waals surface area contributed by atoms with Crippen molar-refractivity contribution < 1.29 is 4.57 Å². The fraction of sp³-hybridized carbons (Fsp3) is 0.200. The third-order valence-electron chi connectivity index (χ3n) is 3.02. The number of rotatable bonds is 3. The maximum Gasteiger partial charge on any atom is 0.195 e. The molecule has 0 spiro atoms. The summed E-state index contributed by atoms with van der Waals surface area (Å²) in [5.74, 6) is 0. The standard InChI is InChI=1S/C15H17OPS/c1-12-9-10-15(13(2)11-12)17(16,18-3)14-7-5-4-6-8-14/h4-11H,1-3H3/t17-/m1/s1. The average molecular weight is 276 g/mol. The molecule has 0 amide bonds. The highest BCUT2D eigenvalue weighted by atomic mass is 32.7. The zero-order chi connectivity index (χ0) is 13.2. The molecule has 0 saturated carbocycles. The lowest BCUT2D eigenvalue weighted by molar-refractivity contribution is 0.595. The van der Waals surface area contributed by atoms with Gasteiger partial charge >= 0.3 is 0 Å². The van der Waals surface area contributed by atoms with Crippen molar-refractivity contribution in [3.05, 3.63) is 59.7 Å². The van der Waals surface area contributed by atoms with Gasteiger partial charge in [0.1, 0.15) is 0 Å². The molecule has 1 nitrogen and oxygen atoms in total. The predicted octanol–water partition coefficient (Wildman–Crippen LogP) is 3.90. The monoisotopic (exact) mass is 276 g/mol. The molecule has 0 saturated heterocycles. The molecule has 0 N–H and O–H groups in total. The highest BCUT2D eigenvalue weighted by molar-refractivity contribution is 8.62. The molecule has 0 aliphatic heterocycles. The molecule has 0 aromatic heterocycles. The van der Waals surface area contributed by atoms with Crippen LogP contribution in [0.25, 0.3) is 0 Å². The Labute approximate surface area is 113 Å². The first kappa shape index (κ1) is 13.5. The van der Waals surface area contributed by atoms with Gasteiger partial charge in [-0.1, -0.05) is 59.4 Å². The molecule has 2 aromatic rings. The van der Waals surface area contributed by atoms with Crippen molar-refractivity contribution in [3.63, 3.8) is 0 Å². The summed E-state index contributed by atoms with van der Waals surface area (Å²) in [5.41, 5.74) is 2.31. The van der Waals surface area contributed by atoms with E-state index in [1.165, 1.54) is 16.9 Å². The Bertz CT molecular complexity index is 593. The molecule has 2 rings (SSSR count). The lowest BCUT2D eigenvalue weighted by Crippen LogP contribution is -2.16. The fourth-order valence-corrected chi connectivity index (χ4v) is 6.36. The van der Waals surface area contributed by atoms with Gasteiger partial charge < -0.3 is 4.57 Å². The Kier molecular flexibility index (Phi) is 3.99.